The number of ether oxygens (including phenoxy) is 2. The van der Waals surface area contributed by atoms with E-state index in [1.165, 1.54) is 51.4 Å². The maximum absolute atomic E-state index is 12.1. The van der Waals surface area contributed by atoms with Gasteiger partial charge in [-0.3, -0.25) is 18.9 Å². The molecule has 1 amide bonds. The van der Waals surface area contributed by atoms with Crippen molar-refractivity contribution in [2.45, 2.75) is 148 Å². The molecule has 40 heavy (non-hydrogen) atoms. The van der Waals surface area contributed by atoms with Crippen LogP contribution in [-0.2, 0) is 32.9 Å². The van der Waals surface area contributed by atoms with Gasteiger partial charge in [0.2, 0.25) is 5.91 Å². The molecule has 0 aliphatic rings. The Labute approximate surface area is 241 Å². The molecule has 0 rings (SSSR count). The van der Waals surface area contributed by atoms with Crippen LogP contribution in [0.25, 0.3) is 0 Å². The van der Waals surface area contributed by atoms with Crippen LogP contribution in [-0.4, -0.2) is 53.5 Å². The molecule has 0 unspecified atom stereocenters. The number of carbonyl (C=O) groups excluding carboxylic acids is 3. The van der Waals surface area contributed by atoms with E-state index in [1.807, 2.05) is 0 Å². The first-order valence-corrected chi connectivity index (χ1v) is 17.0. The van der Waals surface area contributed by atoms with Crippen LogP contribution in [0.1, 0.15) is 142 Å². The lowest BCUT2D eigenvalue weighted by atomic mass is 10.0. The Kier molecular flexibility index (Phi) is 25.4. The number of amides is 1. The second-order valence-electron chi connectivity index (χ2n) is 10.6. The standard InChI is InChI=1S/C29H56NO9P/c1-3-4-5-15-19-22-29(33)39-27(25-38-40(34,35)36)24-37-28(32)21-18-16-13-11-9-7-6-8-10-12-14-17-20-23-30-26(2)31/h27H,3-25H2,1-2H3,(H,30,31)(H2,34,35,36)/t27-/m1/s1. The number of nitrogens with one attached hydrogen (secondary N) is 1. The number of unbranched alkanes of at least 4 members (excludes halogenated alkanes) is 16. The van der Waals surface area contributed by atoms with Crippen molar-refractivity contribution >= 4 is 25.7 Å². The molecule has 0 saturated heterocycles. The molecule has 0 spiro atoms. The van der Waals surface area contributed by atoms with E-state index in [1.54, 1.807) is 6.92 Å². The molecule has 3 N–H and O–H groups in total. The number of carbonyl (C=O) groups is 3. The summed E-state index contributed by atoms with van der Waals surface area (Å²) >= 11 is 0. The van der Waals surface area contributed by atoms with E-state index >= 15 is 0 Å². The number of esters is 2. The predicted octanol–water partition coefficient (Wildman–Crippen LogP) is 6.51. The zero-order valence-electron chi connectivity index (χ0n) is 25.0. The Balaban J connectivity index is 3.83. The zero-order chi connectivity index (χ0) is 29.9. The van der Waals surface area contributed by atoms with E-state index in [9.17, 15) is 18.9 Å². The molecular formula is C29H56NO9P. The minimum absolute atomic E-state index is 0.0433. The SMILES string of the molecule is CCCCCCCC(=O)O[C@H](COC(=O)CCCCCCCCCCCCCCCNC(C)=O)COP(=O)(O)O. The molecule has 0 bridgehead atoms. The van der Waals surface area contributed by atoms with Gasteiger partial charge >= 0.3 is 19.8 Å². The lowest BCUT2D eigenvalue weighted by Crippen LogP contribution is -2.29. The largest absolute Gasteiger partial charge is 0.469 e. The van der Waals surface area contributed by atoms with Crippen molar-refractivity contribution in [2.24, 2.45) is 0 Å². The van der Waals surface area contributed by atoms with Gasteiger partial charge < -0.3 is 24.6 Å². The normalized spacial score (nSPS) is 12.2. The van der Waals surface area contributed by atoms with Crippen LogP contribution < -0.4 is 5.32 Å². The van der Waals surface area contributed by atoms with Gasteiger partial charge in [-0.2, -0.15) is 0 Å². The Morgan fingerprint density at radius 3 is 1.60 bits per heavy atom. The Morgan fingerprint density at radius 2 is 1.12 bits per heavy atom. The van der Waals surface area contributed by atoms with Crippen molar-refractivity contribution in [2.75, 3.05) is 19.8 Å². The molecule has 0 fully saturated rings. The fourth-order valence-electron chi connectivity index (χ4n) is 4.28. The van der Waals surface area contributed by atoms with E-state index in [2.05, 4.69) is 16.8 Å². The van der Waals surface area contributed by atoms with Crippen LogP contribution in [0.2, 0.25) is 0 Å². The van der Waals surface area contributed by atoms with Crippen LogP contribution in [0.15, 0.2) is 0 Å². The maximum atomic E-state index is 12.1. The van der Waals surface area contributed by atoms with Crippen LogP contribution in [0.5, 0.6) is 0 Å². The summed E-state index contributed by atoms with van der Waals surface area (Å²) < 4.78 is 25.9. The third kappa shape index (κ3) is 29.5. The van der Waals surface area contributed by atoms with Gasteiger partial charge in [0, 0.05) is 26.3 Å². The Bertz CT molecular complexity index is 699. The molecule has 11 heteroatoms. The summed E-state index contributed by atoms with van der Waals surface area (Å²) in [5.74, 6) is -0.879. The summed E-state index contributed by atoms with van der Waals surface area (Å²) in [6.45, 7) is 3.60. The summed E-state index contributed by atoms with van der Waals surface area (Å²) in [7, 11) is -4.74. The highest BCUT2D eigenvalue weighted by molar-refractivity contribution is 7.46. The molecule has 0 saturated carbocycles. The molecule has 0 radical (unpaired) electrons. The summed E-state index contributed by atoms with van der Waals surface area (Å²) in [4.78, 5) is 52.9. The third-order valence-electron chi connectivity index (χ3n) is 6.57. The second kappa shape index (κ2) is 26.4. The van der Waals surface area contributed by atoms with Crippen LogP contribution in [0.4, 0.5) is 0 Å². The van der Waals surface area contributed by atoms with Crippen molar-refractivity contribution in [1.29, 1.82) is 0 Å². The van der Waals surface area contributed by atoms with E-state index in [0.717, 1.165) is 57.9 Å². The highest BCUT2D eigenvalue weighted by Gasteiger charge is 2.22. The molecule has 0 aromatic carbocycles. The summed E-state index contributed by atoms with van der Waals surface area (Å²) in [5, 5.41) is 2.82. The van der Waals surface area contributed by atoms with E-state index < -0.39 is 32.5 Å². The molecule has 0 aromatic rings. The van der Waals surface area contributed by atoms with E-state index in [4.69, 9.17) is 19.3 Å². The first kappa shape index (κ1) is 38.5. The minimum Gasteiger partial charge on any atom is -0.462 e. The van der Waals surface area contributed by atoms with Crippen molar-refractivity contribution in [3.05, 3.63) is 0 Å². The highest BCUT2D eigenvalue weighted by Crippen LogP contribution is 2.35. The number of phosphoric acid groups is 1. The van der Waals surface area contributed by atoms with E-state index in [-0.39, 0.29) is 25.4 Å². The molecule has 0 aromatic heterocycles. The van der Waals surface area contributed by atoms with Gasteiger partial charge in [-0.15, -0.1) is 0 Å². The van der Waals surface area contributed by atoms with Gasteiger partial charge in [-0.05, 0) is 19.3 Å². The number of rotatable bonds is 28. The second-order valence-corrected chi connectivity index (χ2v) is 11.8. The average Bonchev–Trinajstić information content (AvgIpc) is 2.89. The fourth-order valence-corrected chi connectivity index (χ4v) is 4.64. The van der Waals surface area contributed by atoms with Gasteiger partial charge in [0.05, 0.1) is 6.61 Å². The van der Waals surface area contributed by atoms with E-state index in [0.29, 0.717) is 12.8 Å². The topological polar surface area (TPSA) is 148 Å². The van der Waals surface area contributed by atoms with Gasteiger partial charge in [-0.25, -0.2) is 4.57 Å². The number of phosphoric ester groups is 1. The van der Waals surface area contributed by atoms with Crippen molar-refractivity contribution in [3.63, 3.8) is 0 Å². The van der Waals surface area contributed by atoms with Gasteiger partial charge in [0.25, 0.3) is 0 Å². The van der Waals surface area contributed by atoms with Gasteiger partial charge in [-0.1, -0.05) is 103 Å². The lowest BCUT2D eigenvalue weighted by Gasteiger charge is -2.18. The smallest absolute Gasteiger partial charge is 0.462 e. The molecule has 0 aliphatic heterocycles. The van der Waals surface area contributed by atoms with Crippen LogP contribution >= 0.6 is 7.82 Å². The fraction of sp³-hybridized carbons (Fsp3) is 0.897. The molecular weight excluding hydrogens is 537 g/mol. The van der Waals surface area contributed by atoms with Crippen LogP contribution in [0.3, 0.4) is 0 Å². The Morgan fingerprint density at radius 1 is 0.675 bits per heavy atom. The first-order valence-electron chi connectivity index (χ1n) is 15.4. The Hall–Kier alpha value is -1.48. The molecule has 10 nitrogen and oxygen atoms in total. The molecule has 236 valence electrons. The summed E-state index contributed by atoms with van der Waals surface area (Å²) in [5.41, 5.74) is 0. The predicted molar refractivity (Wildman–Crippen MR) is 156 cm³/mol. The molecule has 1 atom stereocenters. The third-order valence-corrected chi connectivity index (χ3v) is 7.06. The summed E-state index contributed by atoms with van der Waals surface area (Å²) in [6, 6.07) is 0. The number of hydrogen-bond acceptors (Lipinski definition) is 7. The van der Waals surface area contributed by atoms with Crippen LogP contribution in [0, 0.1) is 0 Å². The maximum Gasteiger partial charge on any atom is 0.469 e. The van der Waals surface area contributed by atoms with Gasteiger partial charge in [0.15, 0.2) is 6.10 Å². The highest BCUT2D eigenvalue weighted by atomic mass is 31.2. The quantitative estimate of drug-likeness (QED) is 0.0524. The average molecular weight is 594 g/mol. The zero-order valence-corrected chi connectivity index (χ0v) is 25.9. The number of hydrogen-bond donors (Lipinski definition) is 3. The van der Waals surface area contributed by atoms with Crippen molar-refractivity contribution < 1.29 is 42.7 Å². The first-order chi connectivity index (χ1) is 19.1. The van der Waals surface area contributed by atoms with Crippen molar-refractivity contribution in [1.82, 2.24) is 5.32 Å². The minimum atomic E-state index is -4.74. The molecule has 0 heterocycles. The molecule has 0 aliphatic carbocycles. The van der Waals surface area contributed by atoms with Gasteiger partial charge in [0.1, 0.15) is 6.61 Å². The summed E-state index contributed by atoms with van der Waals surface area (Å²) in [6.07, 6.45) is 19.0. The lowest BCUT2D eigenvalue weighted by molar-refractivity contribution is -0.161. The monoisotopic (exact) mass is 593 g/mol. The van der Waals surface area contributed by atoms with Crippen molar-refractivity contribution in [3.8, 4) is 0 Å².